The van der Waals surface area contributed by atoms with E-state index in [0.29, 0.717) is 28.8 Å². The molecule has 8 heteroatoms. The Morgan fingerprint density at radius 3 is 2.56 bits per heavy atom. The van der Waals surface area contributed by atoms with Crippen LogP contribution in [0.1, 0.15) is 15.9 Å². The largest absolute Gasteiger partial charge is 0.383 e. The molecule has 0 aliphatic carbocycles. The molecule has 32 heavy (non-hydrogen) atoms. The third-order valence-corrected chi connectivity index (χ3v) is 5.35. The van der Waals surface area contributed by atoms with Gasteiger partial charge in [-0.2, -0.15) is 0 Å². The second kappa shape index (κ2) is 9.11. The minimum atomic E-state index is -0.254. The number of nitrogens with zero attached hydrogens (tertiary/aromatic N) is 3. The van der Waals surface area contributed by atoms with Crippen LogP contribution in [0, 0.1) is 0 Å². The first kappa shape index (κ1) is 21.4. The zero-order valence-electron chi connectivity index (χ0n) is 17.8. The Bertz CT molecular complexity index is 1270. The lowest BCUT2D eigenvalue weighted by Crippen LogP contribution is -2.23. The lowest BCUT2D eigenvalue weighted by Gasteiger charge is -2.14. The van der Waals surface area contributed by atoms with E-state index in [1.165, 1.54) is 6.20 Å². The highest BCUT2D eigenvalue weighted by Gasteiger charge is 2.11. The quantitative estimate of drug-likeness (QED) is 0.400. The molecule has 7 nitrogen and oxygen atoms in total. The Labute approximate surface area is 191 Å². The second-order valence-corrected chi connectivity index (χ2v) is 7.96. The summed E-state index contributed by atoms with van der Waals surface area (Å²) in [5.74, 6) is 0.721. The average Bonchev–Trinajstić information content (AvgIpc) is 2.79. The summed E-state index contributed by atoms with van der Waals surface area (Å²) in [5, 5.41) is 8.30. The first-order valence-electron chi connectivity index (χ1n) is 10.0. The maximum atomic E-state index is 12.6. The smallest absolute Gasteiger partial charge is 0.253 e. The summed E-state index contributed by atoms with van der Waals surface area (Å²) in [4.78, 5) is 23.0. The molecule has 4 rings (SSSR count). The Morgan fingerprint density at radius 1 is 1.06 bits per heavy atom. The van der Waals surface area contributed by atoms with Crippen molar-refractivity contribution in [3.8, 4) is 0 Å². The normalized spacial score (nSPS) is 10.7. The van der Waals surface area contributed by atoms with Gasteiger partial charge >= 0.3 is 0 Å². The van der Waals surface area contributed by atoms with Gasteiger partial charge in [0.05, 0.1) is 10.6 Å². The van der Waals surface area contributed by atoms with Crippen molar-refractivity contribution in [2.75, 3.05) is 30.0 Å². The Morgan fingerprint density at radius 2 is 1.84 bits per heavy atom. The van der Waals surface area contributed by atoms with Gasteiger partial charge in [-0.25, -0.2) is 9.97 Å². The Kier molecular flexibility index (Phi) is 6.09. The van der Waals surface area contributed by atoms with E-state index in [2.05, 4.69) is 20.6 Å². The number of hydrogen-bond donors (Lipinski definition) is 3. The van der Waals surface area contributed by atoms with Gasteiger partial charge in [0.2, 0.25) is 0 Å². The van der Waals surface area contributed by atoms with Crippen LogP contribution in [0.5, 0.6) is 0 Å². The number of carbonyl (C=O) groups is 1. The predicted octanol–water partition coefficient (Wildman–Crippen LogP) is 4.61. The van der Waals surface area contributed by atoms with Crippen LogP contribution >= 0.6 is 11.6 Å². The highest BCUT2D eigenvalue weighted by atomic mass is 35.5. The first-order valence-corrected chi connectivity index (χ1v) is 10.4. The van der Waals surface area contributed by atoms with Crippen molar-refractivity contribution in [2.45, 2.75) is 6.54 Å². The number of hydrogen-bond acceptors (Lipinski definition) is 6. The number of carbonyl (C=O) groups excluding carboxylic acids is 1. The van der Waals surface area contributed by atoms with Crippen LogP contribution in [-0.4, -0.2) is 30.0 Å². The molecule has 4 N–H and O–H groups in total. The number of benzene rings is 2. The van der Waals surface area contributed by atoms with Gasteiger partial charge in [-0.15, -0.1) is 0 Å². The lowest BCUT2D eigenvalue weighted by atomic mass is 10.1. The van der Waals surface area contributed by atoms with Crippen molar-refractivity contribution in [3.63, 3.8) is 0 Å². The van der Waals surface area contributed by atoms with E-state index in [1.807, 2.05) is 67.5 Å². The topological polar surface area (TPSA) is 96.2 Å². The summed E-state index contributed by atoms with van der Waals surface area (Å²) in [6, 6.07) is 17.2. The van der Waals surface area contributed by atoms with Gasteiger partial charge in [0, 0.05) is 49.8 Å². The molecule has 162 valence electrons. The maximum Gasteiger partial charge on any atom is 0.253 e. The average molecular weight is 447 g/mol. The third kappa shape index (κ3) is 4.73. The first-order chi connectivity index (χ1) is 15.4. The van der Waals surface area contributed by atoms with Gasteiger partial charge in [-0.05, 0) is 53.4 Å². The monoisotopic (exact) mass is 446 g/mol. The Balaban J connectivity index is 1.41. The van der Waals surface area contributed by atoms with Crippen molar-refractivity contribution >= 4 is 51.3 Å². The van der Waals surface area contributed by atoms with E-state index in [-0.39, 0.29) is 5.91 Å². The highest BCUT2D eigenvalue weighted by Crippen LogP contribution is 2.25. The van der Waals surface area contributed by atoms with Crippen LogP contribution in [0.15, 0.2) is 67.0 Å². The van der Waals surface area contributed by atoms with E-state index in [4.69, 9.17) is 17.3 Å². The predicted molar refractivity (Wildman–Crippen MR) is 131 cm³/mol. The molecular weight excluding hydrogens is 424 g/mol. The molecular formula is C24H23ClN6O. The zero-order valence-corrected chi connectivity index (χ0v) is 18.5. The SMILES string of the molecule is CN(C)c1ccc(Nc2ncc(C(=O)NCc3ccc4c(N)nccc4c3)cc2Cl)cc1. The fraction of sp³-hybridized carbons (Fsp3) is 0.125. The van der Waals surface area contributed by atoms with E-state index >= 15 is 0 Å². The van der Waals surface area contributed by atoms with Gasteiger partial charge < -0.3 is 21.3 Å². The molecule has 4 aromatic rings. The minimum absolute atomic E-state index is 0.254. The fourth-order valence-corrected chi connectivity index (χ4v) is 3.49. The second-order valence-electron chi connectivity index (χ2n) is 7.56. The molecule has 0 aliphatic heterocycles. The lowest BCUT2D eigenvalue weighted by molar-refractivity contribution is 0.0950. The van der Waals surface area contributed by atoms with Gasteiger partial charge in [-0.3, -0.25) is 4.79 Å². The molecule has 2 aromatic carbocycles. The number of nitrogen functional groups attached to an aromatic ring is 1. The van der Waals surface area contributed by atoms with Gasteiger partial charge in [0.25, 0.3) is 5.91 Å². The van der Waals surface area contributed by atoms with Crippen molar-refractivity contribution in [1.82, 2.24) is 15.3 Å². The van der Waals surface area contributed by atoms with Gasteiger partial charge in [0.15, 0.2) is 0 Å². The molecule has 0 spiro atoms. The number of aromatic nitrogens is 2. The van der Waals surface area contributed by atoms with Crippen LogP contribution in [0.3, 0.4) is 0 Å². The molecule has 0 aliphatic rings. The Hall–Kier alpha value is -3.84. The molecule has 0 bridgehead atoms. The number of halogens is 1. The molecule has 0 unspecified atom stereocenters. The van der Waals surface area contributed by atoms with Gasteiger partial charge in [0.1, 0.15) is 11.6 Å². The minimum Gasteiger partial charge on any atom is -0.383 e. The number of fused-ring (bicyclic) bond motifs is 1. The molecule has 0 saturated carbocycles. The van der Waals surface area contributed by atoms with Crippen molar-refractivity contribution in [3.05, 3.63) is 83.1 Å². The standard InChI is InChI=1S/C24H23ClN6O/c1-31(2)19-6-4-18(5-7-19)30-23-21(25)12-17(14-28-23)24(32)29-13-15-3-8-20-16(11-15)9-10-27-22(20)26/h3-12,14H,13H2,1-2H3,(H2,26,27)(H,28,30)(H,29,32). The highest BCUT2D eigenvalue weighted by molar-refractivity contribution is 6.33. The van der Waals surface area contributed by atoms with Crippen molar-refractivity contribution in [2.24, 2.45) is 0 Å². The van der Waals surface area contributed by atoms with Crippen LogP contribution < -0.4 is 21.3 Å². The van der Waals surface area contributed by atoms with E-state index < -0.39 is 0 Å². The number of anilines is 4. The van der Waals surface area contributed by atoms with E-state index in [0.717, 1.165) is 27.7 Å². The molecule has 0 saturated heterocycles. The number of nitrogens with two attached hydrogens (primary N) is 1. The summed E-state index contributed by atoms with van der Waals surface area (Å²) < 4.78 is 0. The maximum absolute atomic E-state index is 12.6. The number of rotatable bonds is 6. The van der Waals surface area contributed by atoms with Gasteiger partial charge in [-0.1, -0.05) is 23.7 Å². The molecule has 0 atom stereocenters. The van der Waals surface area contributed by atoms with Crippen LogP contribution in [0.25, 0.3) is 10.8 Å². The van der Waals surface area contributed by atoms with Crippen LogP contribution in [0.4, 0.5) is 23.0 Å². The number of pyridine rings is 2. The van der Waals surface area contributed by atoms with E-state index in [1.54, 1.807) is 12.3 Å². The summed E-state index contributed by atoms with van der Waals surface area (Å²) >= 11 is 6.37. The van der Waals surface area contributed by atoms with Crippen molar-refractivity contribution in [1.29, 1.82) is 0 Å². The summed E-state index contributed by atoms with van der Waals surface area (Å²) in [7, 11) is 3.97. The number of amides is 1. The van der Waals surface area contributed by atoms with Crippen LogP contribution in [-0.2, 0) is 6.54 Å². The summed E-state index contributed by atoms with van der Waals surface area (Å²) in [6.45, 7) is 0.368. The van der Waals surface area contributed by atoms with Crippen LogP contribution in [0.2, 0.25) is 5.02 Å². The molecule has 2 aromatic heterocycles. The molecule has 1 amide bonds. The summed E-state index contributed by atoms with van der Waals surface area (Å²) in [6.07, 6.45) is 3.17. The zero-order chi connectivity index (χ0) is 22.7. The summed E-state index contributed by atoms with van der Waals surface area (Å²) in [5.41, 5.74) is 9.18. The number of nitrogens with one attached hydrogen (secondary N) is 2. The fourth-order valence-electron chi connectivity index (χ4n) is 3.28. The van der Waals surface area contributed by atoms with Crippen molar-refractivity contribution < 1.29 is 4.79 Å². The molecule has 0 fully saturated rings. The van der Waals surface area contributed by atoms with E-state index in [9.17, 15) is 4.79 Å². The third-order valence-electron chi connectivity index (χ3n) is 5.06. The molecule has 2 heterocycles. The molecule has 0 radical (unpaired) electrons.